The lowest BCUT2D eigenvalue weighted by Gasteiger charge is -2.29. The minimum absolute atomic E-state index is 0.144. The quantitative estimate of drug-likeness (QED) is 0.368. The van der Waals surface area contributed by atoms with Crippen LogP contribution in [0.1, 0.15) is 32.0 Å². The van der Waals surface area contributed by atoms with E-state index in [0.29, 0.717) is 13.2 Å². The topological polar surface area (TPSA) is 71.9 Å². The van der Waals surface area contributed by atoms with Crippen molar-refractivity contribution in [2.24, 2.45) is 0 Å². The molecule has 39 heavy (non-hydrogen) atoms. The second-order valence-corrected chi connectivity index (χ2v) is 11.2. The summed E-state index contributed by atoms with van der Waals surface area (Å²) in [5.74, 6) is 1.58. The van der Waals surface area contributed by atoms with Gasteiger partial charge in [-0.05, 0) is 23.8 Å². The first-order valence-electron chi connectivity index (χ1n) is 13.6. The predicted octanol–water partition coefficient (Wildman–Crippen LogP) is 5.59. The van der Waals surface area contributed by atoms with E-state index in [9.17, 15) is 4.79 Å². The van der Waals surface area contributed by atoms with Crippen LogP contribution >= 0.6 is 0 Å². The number of fused-ring (bicyclic) bond motifs is 4. The summed E-state index contributed by atoms with van der Waals surface area (Å²) in [7, 11) is 0. The average molecular weight is 526 g/mol. The molecule has 6 rings (SSSR count). The standard InChI is InChI=1S/C31H35N5O3/c1-31(2,3)28-20-29-35(21-22-8-4-7-11-26(22)36(29)33-28)30(37)32-25-12-13-27(24-10-6-5-9-23(24)25)39-19-16-34-14-17-38-18-15-34/h4-13,20H,14-19,21H2,1-3H3,(H,32,37). The smallest absolute Gasteiger partial charge is 0.327 e. The molecule has 8 heteroatoms. The van der Waals surface area contributed by atoms with Crippen molar-refractivity contribution in [3.8, 4) is 11.4 Å². The molecule has 0 unspecified atom stereocenters. The van der Waals surface area contributed by atoms with Crippen LogP contribution in [0.25, 0.3) is 16.5 Å². The second-order valence-electron chi connectivity index (χ2n) is 11.2. The zero-order chi connectivity index (χ0) is 27.0. The number of hydrogen-bond acceptors (Lipinski definition) is 5. The minimum atomic E-state index is -0.197. The van der Waals surface area contributed by atoms with Crippen molar-refractivity contribution < 1.29 is 14.3 Å². The van der Waals surface area contributed by atoms with E-state index in [1.54, 1.807) is 4.90 Å². The first-order chi connectivity index (χ1) is 18.9. The third-order valence-electron chi connectivity index (χ3n) is 7.42. The molecule has 1 N–H and O–H groups in total. The van der Waals surface area contributed by atoms with Gasteiger partial charge in [0.05, 0.1) is 36.8 Å². The van der Waals surface area contributed by atoms with E-state index in [-0.39, 0.29) is 11.4 Å². The number of benzene rings is 3. The van der Waals surface area contributed by atoms with Crippen molar-refractivity contribution in [1.82, 2.24) is 14.7 Å². The molecule has 2 amide bonds. The summed E-state index contributed by atoms with van der Waals surface area (Å²) in [6.07, 6.45) is 0. The second kappa shape index (κ2) is 10.4. The van der Waals surface area contributed by atoms with Crippen LogP contribution in [0.5, 0.6) is 5.75 Å². The summed E-state index contributed by atoms with van der Waals surface area (Å²) in [4.78, 5) is 17.9. The van der Waals surface area contributed by atoms with Crippen LogP contribution in [-0.2, 0) is 16.7 Å². The fourth-order valence-electron chi connectivity index (χ4n) is 5.18. The van der Waals surface area contributed by atoms with E-state index in [0.717, 1.165) is 77.8 Å². The number of aromatic nitrogens is 2. The monoisotopic (exact) mass is 525 g/mol. The predicted molar refractivity (Wildman–Crippen MR) is 154 cm³/mol. The average Bonchev–Trinajstić information content (AvgIpc) is 3.41. The number of para-hydroxylation sites is 1. The highest BCUT2D eigenvalue weighted by atomic mass is 16.5. The maximum atomic E-state index is 13.8. The van der Waals surface area contributed by atoms with Gasteiger partial charge in [0.15, 0.2) is 0 Å². The molecule has 1 saturated heterocycles. The molecule has 3 aromatic carbocycles. The van der Waals surface area contributed by atoms with E-state index in [1.807, 2.05) is 59.3 Å². The third kappa shape index (κ3) is 5.10. The number of carbonyl (C=O) groups is 1. The number of hydrogen-bond donors (Lipinski definition) is 1. The van der Waals surface area contributed by atoms with E-state index >= 15 is 0 Å². The normalized spacial score (nSPS) is 15.6. The Morgan fingerprint density at radius 1 is 1.00 bits per heavy atom. The zero-order valence-corrected chi connectivity index (χ0v) is 22.8. The number of ether oxygens (including phenoxy) is 2. The van der Waals surface area contributed by atoms with Crippen LogP contribution in [0.2, 0.25) is 0 Å². The van der Waals surface area contributed by atoms with Crippen LogP contribution in [0.15, 0.2) is 66.7 Å². The molecule has 4 aromatic rings. The molecule has 0 atom stereocenters. The van der Waals surface area contributed by atoms with Gasteiger partial charge in [-0.15, -0.1) is 0 Å². The molecule has 202 valence electrons. The molecule has 8 nitrogen and oxygen atoms in total. The number of nitrogens with zero attached hydrogens (tertiary/aromatic N) is 4. The van der Waals surface area contributed by atoms with Crippen molar-refractivity contribution in [3.05, 3.63) is 78.0 Å². The number of amides is 2. The fraction of sp³-hybridized carbons (Fsp3) is 0.355. The molecule has 0 bridgehead atoms. The summed E-state index contributed by atoms with van der Waals surface area (Å²) in [6.45, 7) is 11.8. The van der Waals surface area contributed by atoms with Gasteiger partial charge in [0.1, 0.15) is 18.2 Å². The van der Waals surface area contributed by atoms with E-state index in [2.05, 4.69) is 43.1 Å². The molecule has 2 aliphatic heterocycles. The zero-order valence-electron chi connectivity index (χ0n) is 22.8. The summed E-state index contributed by atoms with van der Waals surface area (Å²) in [6, 6.07) is 21.9. The molecule has 0 saturated carbocycles. The van der Waals surface area contributed by atoms with Crippen molar-refractivity contribution in [1.29, 1.82) is 0 Å². The van der Waals surface area contributed by atoms with Crippen LogP contribution in [0.4, 0.5) is 16.3 Å². The maximum Gasteiger partial charge on any atom is 0.327 e. The Balaban J connectivity index is 1.25. The van der Waals surface area contributed by atoms with Crippen molar-refractivity contribution >= 4 is 28.3 Å². The van der Waals surface area contributed by atoms with Gasteiger partial charge in [0.25, 0.3) is 0 Å². The molecule has 0 spiro atoms. The highest BCUT2D eigenvalue weighted by molar-refractivity contribution is 6.08. The number of morpholine rings is 1. The Kier molecular flexibility index (Phi) is 6.74. The highest BCUT2D eigenvalue weighted by Crippen LogP contribution is 2.36. The van der Waals surface area contributed by atoms with E-state index < -0.39 is 0 Å². The van der Waals surface area contributed by atoms with Crippen molar-refractivity contribution in [2.45, 2.75) is 32.7 Å². The molecule has 1 aromatic heterocycles. The Morgan fingerprint density at radius 3 is 2.54 bits per heavy atom. The van der Waals surface area contributed by atoms with E-state index in [1.165, 1.54) is 0 Å². The maximum absolute atomic E-state index is 13.8. The van der Waals surface area contributed by atoms with Crippen molar-refractivity contribution in [3.63, 3.8) is 0 Å². The SMILES string of the molecule is CC(C)(C)c1cc2n(n1)-c1ccccc1CN2C(=O)Nc1ccc(OCCN2CCOCC2)c2ccccc12. The largest absolute Gasteiger partial charge is 0.492 e. The molecule has 0 aliphatic carbocycles. The summed E-state index contributed by atoms with van der Waals surface area (Å²) >= 11 is 0. The number of anilines is 2. The summed E-state index contributed by atoms with van der Waals surface area (Å²) < 4.78 is 13.5. The Bertz CT molecular complexity index is 1500. The first kappa shape index (κ1) is 25.4. The Labute approximate surface area is 229 Å². The van der Waals surface area contributed by atoms with Gasteiger partial charge >= 0.3 is 6.03 Å². The number of nitrogens with one attached hydrogen (secondary N) is 1. The fourth-order valence-corrected chi connectivity index (χ4v) is 5.18. The molecule has 3 heterocycles. The molecule has 1 fully saturated rings. The van der Waals surface area contributed by atoms with Gasteiger partial charge in [-0.1, -0.05) is 63.2 Å². The highest BCUT2D eigenvalue weighted by Gasteiger charge is 2.31. The van der Waals surface area contributed by atoms with Gasteiger partial charge in [-0.2, -0.15) is 5.10 Å². The number of carbonyl (C=O) groups excluding carboxylic acids is 1. The number of rotatable bonds is 5. The Morgan fingerprint density at radius 2 is 1.74 bits per heavy atom. The molecule has 2 aliphatic rings. The minimum Gasteiger partial charge on any atom is -0.492 e. The van der Waals surface area contributed by atoms with Gasteiger partial charge < -0.3 is 14.8 Å². The van der Waals surface area contributed by atoms with Gasteiger partial charge in [-0.25, -0.2) is 9.48 Å². The van der Waals surface area contributed by atoms with Crippen LogP contribution in [-0.4, -0.2) is 60.2 Å². The van der Waals surface area contributed by atoms with E-state index in [4.69, 9.17) is 14.6 Å². The summed E-state index contributed by atoms with van der Waals surface area (Å²) in [5.41, 5.74) is 3.61. The summed E-state index contributed by atoms with van der Waals surface area (Å²) in [5, 5.41) is 9.99. The van der Waals surface area contributed by atoms with Crippen LogP contribution < -0.4 is 15.0 Å². The van der Waals surface area contributed by atoms with Gasteiger partial charge in [0, 0.05) is 41.9 Å². The lowest BCUT2D eigenvalue weighted by atomic mass is 9.92. The molecular weight excluding hydrogens is 490 g/mol. The Hall–Kier alpha value is -3.88. The van der Waals surface area contributed by atoms with Gasteiger partial charge in [0.2, 0.25) is 0 Å². The molecule has 0 radical (unpaired) electrons. The first-order valence-corrected chi connectivity index (χ1v) is 13.6. The lowest BCUT2D eigenvalue weighted by Crippen LogP contribution is -2.38. The third-order valence-corrected chi connectivity index (χ3v) is 7.42. The van der Waals surface area contributed by atoms with Crippen LogP contribution in [0.3, 0.4) is 0 Å². The molecular formula is C31H35N5O3. The lowest BCUT2D eigenvalue weighted by molar-refractivity contribution is 0.0323. The number of urea groups is 1. The van der Waals surface area contributed by atoms with Crippen LogP contribution in [0, 0.1) is 0 Å². The van der Waals surface area contributed by atoms with Crippen molar-refractivity contribution in [2.75, 3.05) is 49.7 Å². The van der Waals surface area contributed by atoms with Gasteiger partial charge in [-0.3, -0.25) is 9.80 Å².